The third kappa shape index (κ3) is 3.37. The number of fused-ring (bicyclic) bond motifs is 1. The van der Waals surface area contributed by atoms with Gasteiger partial charge in [0.15, 0.2) is 9.84 Å². The zero-order valence-corrected chi connectivity index (χ0v) is 14.7. The highest BCUT2D eigenvalue weighted by Gasteiger charge is 2.43. The highest BCUT2D eigenvalue weighted by molar-refractivity contribution is 7.92. The molecule has 1 N–H and O–H groups in total. The lowest BCUT2D eigenvalue weighted by atomic mass is 9.91. The van der Waals surface area contributed by atoms with E-state index in [1.807, 2.05) is 24.3 Å². The summed E-state index contributed by atoms with van der Waals surface area (Å²) in [6.07, 6.45) is 7.11. The van der Waals surface area contributed by atoms with E-state index < -0.39 is 15.1 Å². The number of carbonyl (C=O) groups is 1. The molecule has 4 nitrogen and oxygen atoms in total. The lowest BCUT2D eigenvalue weighted by Gasteiger charge is -2.25. The molecule has 0 aliphatic heterocycles. The Bertz CT molecular complexity index is 723. The van der Waals surface area contributed by atoms with Crippen LogP contribution in [0.5, 0.6) is 0 Å². The van der Waals surface area contributed by atoms with Crippen molar-refractivity contribution in [3.05, 3.63) is 35.4 Å². The van der Waals surface area contributed by atoms with Gasteiger partial charge in [-0.15, -0.1) is 0 Å². The summed E-state index contributed by atoms with van der Waals surface area (Å²) in [5.74, 6) is 0.489. The maximum atomic E-state index is 12.9. The fraction of sp³-hybridized carbons (Fsp3) is 0.632. The Labute approximate surface area is 143 Å². The SMILES string of the molecule is O=C(CS(=O)(=O)[C@@H]1CCCc2ccccc21)NC(C1CC1)C1CC1. The summed E-state index contributed by atoms with van der Waals surface area (Å²) >= 11 is 0. The van der Waals surface area contributed by atoms with Gasteiger partial charge in [-0.05, 0) is 67.9 Å². The van der Waals surface area contributed by atoms with E-state index in [0.717, 1.165) is 24.0 Å². The Morgan fingerprint density at radius 3 is 2.42 bits per heavy atom. The van der Waals surface area contributed by atoms with Gasteiger partial charge >= 0.3 is 0 Å². The van der Waals surface area contributed by atoms with E-state index in [2.05, 4.69) is 5.32 Å². The van der Waals surface area contributed by atoms with Gasteiger partial charge in [0, 0.05) is 6.04 Å². The summed E-state index contributed by atoms with van der Waals surface area (Å²) in [4.78, 5) is 12.4. The average molecular weight is 347 g/mol. The van der Waals surface area contributed by atoms with Gasteiger partial charge in [0.1, 0.15) is 5.75 Å². The van der Waals surface area contributed by atoms with Crippen molar-refractivity contribution in [3.63, 3.8) is 0 Å². The van der Waals surface area contributed by atoms with E-state index in [-0.39, 0.29) is 17.7 Å². The number of sulfone groups is 1. The largest absolute Gasteiger partial charge is 0.352 e. The van der Waals surface area contributed by atoms with E-state index in [0.29, 0.717) is 18.3 Å². The zero-order valence-electron chi connectivity index (χ0n) is 13.9. The molecule has 2 fully saturated rings. The van der Waals surface area contributed by atoms with Crippen LogP contribution in [0.15, 0.2) is 24.3 Å². The van der Waals surface area contributed by atoms with Crippen LogP contribution in [0.25, 0.3) is 0 Å². The van der Waals surface area contributed by atoms with Crippen molar-refractivity contribution < 1.29 is 13.2 Å². The summed E-state index contributed by atoms with van der Waals surface area (Å²) in [5, 5.41) is 2.52. The van der Waals surface area contributed by atoms with E-state index >= 15 is 0 Å². The van der Waals surface area contributed by atoms with Crippen LogP contribution in [0.1, 0.15) is 54.9 Å². The maximum absolute atomic E-state index is 12.9. The van der Waals surface area contributed by atoms with Crippen LogP contribution in [0.2, 0.25) is 0 Å². The Morgan fingerprint density at radius 2 is 1.75 bits per heavy atom. The number of rotatable bonds is 6. The molecule has 4 rings (SSSR count). The number of hydrogen-bond acceptors (Lipinski definition) is 3. The van der Waals surface area contributed by atoms with Gasteiger partial charge in [0.2, 0.25) is 5.91 Å². The fourth-order valence-corrected chi connectivity index (χ4v) is 5.92. The van der Waals surface area contributed by atoms with Crippen LogP contribution in [0, 0.1) is 11.8 Å². The Balaban J connectivity index is 1.46. The Kier molecular flexibility index (Phi) is 4.15. The Hall–Kier alpha value is -1.36. The molecule has 24 heavy (non-hydrogen) atoms. The topological polar surface area (TPSA) is 63.2 Å². The molecule has 0 bridgehead atoms. The number of nitrogens with one attached hydrogen (secondary N) is 1. The van der Waals surface area contributed by atoms with E-state index in [1.54, 1.807) is 0 Å². The summed E-state index contributed by atoms with van der Waals surface area (Å²) < 4.78 is 25.7. The highest BCUT2D eigenvalue weighted by Crippen LogP contribution is 2.44. The minimum atomic E-state index is -3.46. The minimum absolute atomic E-state index is 0.214. The number of aryl methyl sites for hydroxylation is 1. The molecule has 130 valence electrons. The van der Waals surface area contributed by atoms with E-state index in [9.17, 15) is 13.2 Å². The average Bonchev–Trinajstić information content (AvgIpc) is 3.45. The van der Waals surface area contributed by atoms with Crippen LogP contribution in [-0.4, -0.2) is 26.1 Å². The van der Waals surface area contributed by atoms with Gasteiger partial charge in [0.05, 0.1) is 5.25 Å². The van der Waals surface area contributed by atoms with Crippen LogP contribution in [0.3, 0.4) is 0 Å². The van der Waals surface area contributed by atoms with Gasteiger partial charge in [-0.3, -0.25) is 4.79 Å². The monoisotopic (exact) mass is 347 g/mol. The fourth-order valence-electron chi connectivity index (χ4n) is 4.12. The first-order valence-electron chi connectivity index (χ1n) is 9.13. The first kappa shape index (κ1) is 16.1. The number of carbonyl (C=O) groups excluding carboxylic acids is 1. The van der Waals surface area contributed by atoms with Gasteiger partial charge in [0.25, 0.3) is 0 Å². The first-order valence-corrected chi connectivity index (χ1v) is 10.8. The van der Waals surface area contributed by atoms with Crippen LogP contribution in [0.4, 0.5) is 0 Å². The van der Waals surface area contributed by atoms with Crippen molar-refractivity contribution >= 4 is 15.7 Å². The van der Waals surface area contributed by atoms with Crippen LogP contribution in [-0.2, 0) is 21.1 Å². The molecule has 3 aliphatic rings. The molecule has 1 aromatic carbocycles. The molecule has 0 heterocycles. The molecule has 1 aromatic rings. The van der Waals surface area contributed by atoms with E-state index in [1.165, 1.54) is 25.7 Å². The second-order valence-corrected chi connectivity index (χ2v) is 9.84. The quantitative estimate of drug-likeness (QED) is 0.861. The molecule has 5 heteroatoms. The standard InChI is InChI=1S/C19H25NO3S/c21-18(20-19(14-8-9-14)15-10-11-15)12-24(22,23)17-7-3-5-13-4-1-2-6-16(13)17/h1-2,4,6,14-15,17,19H,3,5,7-12H2,(H,20,21)/t17-/m1/s1. The van der Waals surface area contributed by atoms with Crippen molar-refractivity contribution in [3.8, 4) is 0 Å². The van der Waals surface area contributed by atoms with Crippen LogP contribution >= 0.6 is 0 Å². The smallest absolute Gasteiger partial charge is 0.235 e. The van der Waals surface area contributed by atoms with Gasteiger partial charge < -0.3 is 5.32 Å². The second-order valence-electron chi connectivity index (χ2n) is 7.66. The maximum Gasteiger partial charge on any atom is 0.235 e. The lowest BCUT2D eigenvalue weighted by molar-refractivity contribution is -0.119. The number of amides is 1. The van der Waals surface area contributed by atoms with Gasteiger partial charge in [-0.25, -0.2) is 8.42 Å². The summed E-state index contributed by atoms with van der Waals surface area (Å²) in [6, 6.07) is 7.98. The van der Waals surface area contributed by atoms with E-state index in [4.69, 9.17) is 0 Å². The summed E-state index contributed by atoms with van der Waals surface area (Å²) in [7, 11) is -3.46. The number of benzene rings is 1. The Morgan fingerprint density at radius 1 is 1.08 bits per heavy atom. The van der Waals surface area contributed by atoms with Gasteiger partial charge in [-0.1, -0.05) is 24.3 Å². The summed E-state index contributed by atoms with van der Waals surface area (Å²) in [6.45, 7) is 0. The molecule has 3 aliphatic carbocycles. The molecule has 0 radical (unpaired) electrons. The summed E-state index contributed by atoms with van der Waals surface area (Å²) in [5.41, 5.74) is 2.02. The molecule has 0 spiro atoms. The molecule has 0 aromatic heterocycles. The molecule has 0 saturated heterocycles. The lowest BCUT2D eigenvalue weighted by Crippen LogP contribution is -2.42. The van der Waals surface area contributed by atoms with Crippen molar-refractivity contribution in [1.82, 2.24) is 5.32 Å². The number of hydrogen-bond donors (Lipinski definition) is 1. The van der Waals surface area contributed by atoms with Crippen molar-refractivity contribution in [1.29, 1.82) is 0 Å². The molecule has 2 saturated carbocycles. The zero-order chi connectivity index (χ0) is 16.7. The molecular weight excluding hydrogens is 322 g/mol. The first-order chi connectivity index (χ1) is 11.5. The normalized spacial score (nSPS) is 23.8. The van der Waals surface area contributed by atoms with Crippen molar-refractivity contribution in [2.75, 3.05) is 5.75 Å². The molecule has 1 amide bonds. The molecule has 1 atom stereocenters. The predicted octanol–water partition coefficient (Wildman–Crippen LogP) is 2.78. The molecule has 0 unspecified atom stereocenters. The second kappa shape index (κ2) is 6.17. The predicted molar refractivity (Wildman–Crippen MR) is 93.3 cm³/mol. The highest BCUT2D eigenvalue weighted by atomic mass is 32.2. The minimum Gasteiger partial charge on any atom is -0.352 e. The van der Waals surface area contributed by atoms with Crippen molar-refractivity contribution in [2.45, 2.75) is 56.2 Å². The van der Waals surface area contributed by atoms with Crippen LogP contribution < -0.4 is 5.32 Å². The van der Waals surface area contributed by atoms with Gasteiger partial charge in [-0.2, -0.15) is 0 Å². The third-order valence-electron chi connectivity index (χ3n) is 5.67. The molecular formula is C19H25NO3S. The van der Waals surface area contributed by atoms with Crippen molar-refractivity contribution in [2.24, 2.45) is 11.8 Å². The third-order valence-corrected chi connectivity index (χ3v) is 7.69.